The molecule has 19 heavy (non-hydrogen) atoms. The molecule has 1 aliphatic heterocycles. The zero-order valence-corrected chi connectivity index (χ0v) is 13.4. The highest BCUT2D eigenvalue weighted by molar-refractivity contribution is 14.1. The second kappa shape index (κ2) is 6.60. The second-order valence-electron chi connectivity index (χ2n) is 4.14. The molecule has 1 heterocycles. The van der Waals surface area contributed by atoms with Gasteiger partial charge in [-0.3, -0.25) is 9.59 Å². The number of nitrogens with zero attached hydrogens (tertiary/aromatic N) is 1. The number of hydrogen-bond acceptors (Lipinski definition) is 4. The van der Waals surface area contributed by atoms with Crippen LogP contribution in [0.15, 0.2) is 24.3 Å². The highest BCUT2D eigenvalue weighted by Gasteiger charge is 2.30. The lowest BCUT2D eigenvalue weighted by molar-refractivity contribution is -0.140. The topological polar surface area (TPSA) is 46.6 Å². The predicted octanol–water partition coefficient (Wildman–Crippen LogP) is 2.02. The van der Waals surface area contributed by atoms with Crippen LogP contribution in [0.25, 0.3) is 0 Å². The Bertz CT molecular complexity index is 495. The maximum absolute atomic E-state index is 12.4. The molecular weight excluding hydrogens is 377 g/mol. The van der Waals surface area contributed by atoms with Crippen LogP contribution in [-0.2, 0) is 9.53 Å². The number of benzene rings is 1. The summed E-state index contributed by atoms with van der Waals surface area (Å²) in [6.45, 7) is 1.09. The van der Waals surface area contributed by atoms with Gasteiger partial charge in [0.15, 0.2) is 0 Å². The molecule has 0 spiro atoms. The Labute approximate surface area is 130 Å². The summed E-state index contributed by atoms with van der Waals surface area (Å²) in [6, 6.07) is 7.48. The summed E-state index contributed by atoms with van der Waals surface area (Å²) in [5, 5.41) is -0.273. The van der Waals surface area contributed by atoms with Crippen LogP contribution < -0.4 is 0 Å². The third-order valence-electron chi connectivity index (χ3n) is 2.89. The molecular formula is C13H14INO3S. The smallest absolute Gasteiger partial charge is 0.320 e. The number of hydrogen-bond donors (Lipinski definition) is 0. The fourth-order valence-electron chi connectivity index (χ4n) is 1.91. The summed E-state index contributed by atoms with van der Waals surface area (Å²) in [4.78, 5) is 25.6. The Balaban J connectivity index is 2.09. The van der Waals surface area contributed by atoms with Gasteiger partial charge in [-0.25, -0.2) is 0 Å². The maximum atomic E-state index is 12.4. The number of carbonyl (C=O) groups excluding carboxylic acids is 2. The number of methoxy groups -OCH3 is 1. The maximum Gasteiger partial charge on any atom is 0.320 e. The SMILES string of the molecule is COC(=O)[C@@H]1CN(C(=O)c2cccc(I)c2)CCS1. The van der Waals surface area contributed by atoms with E-state index in [2.05, 4.69) is 22.6 Å². The van der Waals surface area contributed by atoms with E-state index in [0.29, 0.717) is 18.7 Å². The average molecular weight is 391 g/mol. The number of halogens is 1. The van der Waals surface area contributed by atoms with Gasteiger partial charge in [0.2, 0.25) is 0 Å². The number of ether oxygens (including phenoxy) is 1. The highest BCUT2D eigenvalue weighted by atomic mass is 127. The van der Waals surface area contributed by atoms with Crippen molar-refractivity contribution < 1.29 is 14.3 Å². The van der Waals surface area contributed by atoms with Gasteiger partial charge in [0.1, 0.15) is 5.25 Å². The van der Waals surface area contributed by atoms with Gasteiger partial charge in [-0.2, -0.15) is 0 Å². The predicted molar refractivity (Wildman–Crippen MR) is 83.3 cm³/mol. The summed E-state index contributed by atoms with van der Waals surface area (Å²) < 4.78 is 5.77. The minimum absolute atomic E-state index is 0.0206. The van der Waals surface area contributed by atoms with Crippen LogP contribution in [0.5, 0.6) is 0 Å². The standard InChI is InChI=1S/C13H14INO3S/c1-18-13(17)11-8-15(5-6-19-11)12(16)9-3-2-4-10(14)7-9/h2-4,7,11H,5-6,8H2,1H3/t11-/m0/s1. The van der Waals surface area contributed by atoms with Crippen molar-refractivity contribution >= 4 is 46.2 Å². The number of esters is 1. The van der Waals surface area contributed by atoms with Crippen LogP contribution in [-0.4, -0.2) is 48.0 Å². The van der Waals surface area contributed by atoms with Gasteiger partial charge >= 0.3 is 5.97 Å². The van der Waals surface area contributed by atoms with Gasteiger partial charge in [-0.05, 0) is 40.8 Å². The molecule has 0 aliphatic carbocycles. The summed E-state index contributed by atoms with van der Waals surface area (Å²) in [5.74, 6) is 0.480. The number of rotatable bonds is 2. The normalized spacial score (nSPS) is 19.1. The van der Waals surface area contributed by atoms with Gasteiger partial charge in [0, 0.05) is 28.0 Å². The van der Waals surface area contributed by atoms with E-state index in [9.17, 15) is 9.59 Å². The molecule has 1 atom stereocenters. The van der Waals surface area contributed by atoms with Gasteiger partial charge < -0.3 is 9.64 Å². The van der Waals surface area contributed by atoms with E-state index in [1.165, 1.54) is 7.11 Å². The third kappa shape index (κ3) is 3.62. The molecule has 1 saturated heterocycles. The molecule has 0 saturated carbocycles. The minimum Gasteiger partial charge on any atom is -0.468 e. The largest absolute Gasteiger partial charge is 0.468 e. The lowest BCUT2D eigenvalue weighted by Gasteiger charge is -2.31. The molecule has 0 N–H and O–H groups in total. The summed E-state index contributed by atoms with van der Waals surface area (Å²) in [5.41, 5.74) is 0.669. The molecule has 0 radical (unpaired) electrons. The molecule has 1 aromatic rings. The van der Waals surface area contributed by atoms with E-state index in [0.717, 1.165) is 9.32 Å². The lowest BCUT2D eigenvalue weighted by atomic mass is 10.2. The summed E-state index contributed by atoms with van der Waals surface area (Å²) >= 11 is 3.73. The van der Waals surface area contributed by atoms with Crippen molar-refractivity contribution in [1.29, 1.82) is 0 Å². The van der Waals surface area contributed by atoms with Crippen LogP contribution in [0.4, 0.5) is 0 Å². The van der Waals surface area contributed by atoms with Crippen molar-refractivity contribution in [2.24, 2.45) is 0 Å². The monoisotopic (exact) mass is 391 g/mol. The Morgan fingerprint density at radius 3 is 2.95 bits per heavy atom. The lowest BCUT2D eigenvalue weighted by Crippen LogP contribution is -2.44. The van der Waals surface area contributed by atoms with E-state index < -0.39 is 0 Å². The molecule has 102 valence electrons. The van der Waals surface area contributed by atoms with Crippen LogP contribution in [0.3, 0.4) is 0 Å². The Morgan fingerprint density at radius 2 is 2.26 bits per heavy atom. The number of carbonyl (C=O) groups is 2. The molecule has 1 amide bonds. The van der Waals surface area contributed by atoms with E-state index in [1.54, 1.807) is 22.7 Å². The van der Waals surface area contributed by atoms with Gasteiger partial charge in [0.05, 0.1) is 7.11 Å². The molecule has 1 aromatic carbocycles. The first-order valence-electron chi connectivity index (χ1n) is 5.86. The Hall–Kier alpha value is -0.760. The van der Waals surface area contributed by atoms with Crippen molar-refractivity contribution in [2.45, 2.75) is 5.25 Å². The Morgan fingerprint density at radius 1 is 1.47 bits per heavy atom. The van der Waals surface area contributed by atoms with Crippen molar-refractivity contribution in [3.63, 3.8) is 0 Å². The number of amides is 1. The zero-order valence-electron chi connectivity index (χ0n) is 10.5. The van der Waals surface area contributed by atoms with Gasteiger partial charge in [-0.1, -0.05) is 6.07 Å². The molecule has 6 heteroatoms. The van der Waals surface area contributed by atoms with Crippen LogP contribution in [0, 0.1) is 3.57 Å². The zero-order chi connectivity index (χ0) is 13.8. The van der Waals surface area contributed by atoms with Crippen molar-refractivity contribution in [3.05, 3.63) is 33.4 Å². The number of thioether (sulfide) groups is 1. The van der Waals surface area contributed by atoms with E-state index in [4.69, 9.17) is 4.74 Å². The fourth-order valence-corrected chi connectivity index (χ4v) is 3.58. The molecule has 2 rings (SSSR count). The van der Waals surface area contributed by atoms with Gasteiger partial charge in [-0.15, -0.1) is 11.8 Å². The van der Waals surface area contributed by atoms with Crippen molar-refractivity contribution in [2.75, 3.05) is 26.0 Å². The van der Waals surface area contributed by atoms with E-state index in [1.807, 2.05) is 18.2 Å². The molecule has 1 fully saturated rings. The Kier molecular flexibility index (Phi) is 5.09. The van der Waals surface area contributed by atoms with Gasteiger partial charge in [0.25, 0.3) is 5.91 Å². The van der Waals surface area contributed by atoms with E-state index >= 15 is 0 Å². The van der Waals surface area contributed by atoms with Crippen molar-refractivity contribution in [1.82, 2.24) is 4.90 Å². The molecule has 1 aliphatic rings. The molecule has 0 unspecified atom stereocenters. The molecule has 0 aromatic heterocycles. The average Bonchev–Trinajstić information content (AvgIpc) is 2.45. The van der Waals surface area contributed by atoms with Crippen LogP contribution in [0.1, 0.15) is 10.4 Å². The summed E-state index contributed by atoms with van der Waals surface area (Å²) in [6.07, 6.45) is 0. The third-order valence-corrected chi connectivity index (χ3v) is 4.72. The summed E-state index contributed by atoms with van der Waals surface area (Å²) in [7, 11) is 1.38. The first-order chi connectivity index (χ1) is 9.11. The fraction of sp³-hybridized carbons (Fsp3) is 0.385. The second-order valence-corrected chi connectivity index (χ2v) is 6.70. The van der Waals surface area contributed by atoms with Crippen molar-refractivity contribution in [3.8, 4) is 0 Å². The van der Waals surface area contributed by atoms with Crippen LogP contribution in [0.2, 0.25) is 0 Å². The first-order valence-corrected chi connectivity index (χ1v) is 7.99. The molecule has 0 bridgehead atoms. The van der Waals surface area contributed by atoms with Crippen LogP contribution >= 0.6 is 34.4 Å². The highest BCUT2D eigenvalue weighted by Crippen LogP contribution is 2.21. The first kappa shape index (κ1) is 14.6. The van der Waals surface area contributed by atoms with E-state index in [-0.39, 0.29) is 17.1 Å². The minimum atomic E-state index is -0.273. The molecule has 4 nitrogen and oxygen atoms in total. The quantitative estimate of drug-likeness (QED) is 0.572.